The average molecular weight is 259 g/mol. The number of nitrogens with one attached hydrogen (secondary N) is 1. The number of carbonyl (C=O) groups excluding carboxylic acids is 1. The van der Waals surface area contributed by atoms with Gasteiger partial charge in [-0.2, -0.15) is 0 Å². The van der Waals surface area contributed by atoms with Crippen LogP contribution in [-0.2, 0) is 0 Å². The van der Waals surface area contributed by atoms with Crippen LogP contribution in [0.1, 0.15) is 15.4 Å². The van der Waals surface area contributed by atoms with Gasteiger partial charge in [0, 0.05) is 12.4 Å². The molecular weight excluding hydrogens is 250 g/mol. The van der Waals surface area contributed by atoms with Crippen LogP contribution in [0, 0.1) is 11.8 Å². The van der Waals surface area contributed by atoms with E-state index in [9.17, 15) is 4.79 Å². The Labute approximate surface area is 107 Å². The molecule has 18 heavy (non-hydrogen) atoms. The van der Waals surface area contributed by atoms with Gasteiger partial charge in [0.1, 0.15) is 5.69 Å². The third-order valence-electron chi connectivity index (χ3n) is 1.84. The van der Waals surface area contributed by atoms with Crippen LogP contribution in [0.5, 0.6) is 0 Å². The molecule has 3 N–H and O–H groups in total. The van der Waals surface area contributed by atoms with E-state index in [0.717, 1.165) is 4.88 Å². The zero-order chi connectivity index (χ0) is 12.8. The largest absolute Gasteiger partial charge is 0.320 e. The molecule has 0 saturated heterocycles. The van der Waals surface area contributed by atoms with Crippen LogP contribution in [0.25, 0.3) is 0 Å². The summed E-state index contributed by atoms with van der Waals surface area (Å²) < 4.78 is 0. The van der Waals surface area contributed by atoms with Gasteiger partial charge in [0.05, 0.1) is 23.8 Å². The van der Waals surface area contributed by atoms with Crippen LogP contribution in [0.4, 0.5) is 5.13 Å². The van der Waals surface area contributed by atoms with Crippen molar-refractivity contribution in [3.05, 3.63) is 35.4 Å². The maximum absolute atomic E-state index is 11.7. The van der Waals surface area contributed by atoms with Crippen molar-refractivity contribution in [1.29, 1.82) is 0 Å². The van der Waals surface area contributed by atoms with Gasteiger partial charge in [-0.15, -0.1) is 0 Å². The molecule has 7 heteroatoms. The summed E-state index contributed by atoms with van der Waals surface area (Å²) >= 11 is 1.28. The number of thiazole rings is 1. The minimum Gasteiger partial charge on any atom is -0.320 e. The van der Waals surface area contributed by atoms with Gasteiger partial charge < -0.3 is 5.73 Å². The van der Waals surface area contributed by atoms with E-state index >= 15 is 0 Å². The monoisotopic (exact) mass is 259 g/mol. The molecule has 0 unspecified atom stereocenters. The summed E-state index contributed by atoms with van der Waals surface area (Å²) in [5.74, 6) is 5.20. The number of carbonyl (C=O) groups is 1. The molecule has 2 aromatic heterocycles. The molecular formula is C11H9N5OS. The van der Waals surface area contributed by atoms with E-state index in [0.29, 0.717) is 11.7 Å². The van der Waals surface area contributed by atoms with E-state index in [2.05, 4.69) is 32.1 Å². The number of nitrogens with zero attached hydrogens (tertiary/aromatic N) is 3. The summed E-state index contributed by atoms with van der Waals surface area (Å²) in [5.41, 5.74) is 5.50. The number of amides is 1. The molecule has 2 rings (SSSR count). The predicted molar refractivity (Wildman–Crippen MR) is 68.0 cm³/mol. The fraction of sp³-hybridized carbons (Fsp3) is 0.0909. The van der Waals surface area contributed by atoms with Gasteiger partial charge in [0.25, 0.3) is 5.91 Å². The highest BCUT2D eigenvalue weighted by Crippen LogP contribution is 2.17. The van der Waals surface area contributed by atoms with Crippen molar-refractivity contribution < 1.29 is 4.79 Å². The van der Waals surface area contributed by atoms with Crippen molar-refractivity contribution in [3.63, 3.8) is 0 Å². The Morgan fingerprint density at radius 2 is 2.28 bits per heavy atom. The Hall–Kier alpha value is -2.30. The van der Waals surface area contributed by atoms with Gasteiger partial charge in [-0.25, -0.2) is 9.97 Å². The van der Waals surface area contributed by atoms with Crippen molar-refractivity contribution in [2.45, 2.75) is 0 Å². The molecule has 0 aromatic carbocycles. The molecule has 2 heterocycles. The first-order valence-corrected chi connectivity index (χ1v) is 5.83. The second-order valence-electron chi connectivity index (χ2n) is 3.08. The molecule has 0 atom stereocenters. The Balaban J connectivity index is 2.06. The standard InChI is InChI=1S/C11H9N5OS/c12-3-1-2-8-6-15-11(18-8)16-10(17)9-7-13-4-5-14-9/h4-7H,3,12H2,(H,15,16,17). The molecule has 0 radical (unpaired) electrons. The third kappa shape index (κ3) is 3.10. The van der Waals surface area contributed by atoms with E-state index in [1.807, 2.05) is 0 Å². The molecule has 0 aliphatic carbocycles. The van der Waals surface area contributed by atoms with Gasteiger partial charge in [0.2, 0.25) is 0 Å². The van der Waals surface area contributed by atoms with Gasteiger partial charge in [-0.05, 0) is 0 Å². The summed E-state index contributed by atoms with van der Waals surface area (Å²) in [4.78, 5) is 24.2. The predicted octanol–water partition coefficient (Wildman–Crippen LogP) is 0.496. The third-order valence-corrected chi connectivity index (χ3v) is 2.66. The molecule has 0 saturated carbocycles. The fourth-order valence-corrected chi connectivity index (χ4v) is 1.79. The maximum atomic E-state index is 11.7. The summed E-state index contributed by atoms with van der Waals surface area (Å²) in [6.07, 6.45) is 5.92. The zero-order valence-corrected chi connectivity index (χ0v) is 10.1. The molecule has 0 fully saturated rings. The normalized spacial score (nSPS) is 9.39. The van der Waals surface area contributed by atoms with E-state index < -0.39 is 0 Å². The average Bonchev–Trinajstić information content (AvgIpc) is 2.85. The number of aromatic nitrogens is 3. The maximum Gasteiger partial charge on any atom is 0.277 e. The first kappa shape index (κ1) is 12.2. The summed E-state index contributed by atoms with van der Waals surface area (Å²) in [7, 11) is 0. The van der Waals surface area contributed by atoms with Gasteiger partial charge in [0.15, 0.2) is 5.13 Å². The summed E-state index contributed by atoms with van der Waals surface area (Å²) in [5, 5.41) is 3.09. The van der Waals surface area contributed by atoms with Crippen LogP contribution in [0.15, 0.2) is 24.8 Å². The quantitative estimate of drug-likeness (QED) is 0.766. The zero-order valence-electron chi connectivity index (χ0n) is 9.25. The molecule has 1 amide bonds. The minimum atomic E-state index is -0.351. The summed E-state index contributed by atoms with van der Waals surface area (Å²) in [6.45, 7) is 0.291. The lowest BCUT2D eigenvalue weighted by Crippen LogP contribution is -2.13. The Kier molecular flexibility index (Phi) is 3.96. The highest BCUT2D eigenvalue weighted by Gasteiger charge is 2.09. The first-order valence-electron chi connectivity index (χ1n) is 5.01. The van der Waals surface area contributed by atoms with E-state index in [1.54, 1.807) is 6.20 Å². The second kappa shape index (κ2) is 5.86. The number of hydrogen-bond acceptors (Lipinski definition) is 6. The topological polar surface area (TPSA) is 93.8 Å². The SMILES string of the molecule is NCC#Cc1cnc(NC(=O)c2cnccn2)s1. The van der Waals surface area contributed by atoms with Crippen LogP contribution in [0.3, 0.4) is 0 Å². The van der Waals surface area contributed by atoms with Gasteiger partial charge >= 0.3 is 0 Å². The van der Waals surface area contributed by atoms with Crippen LogP contribution in [-0.4, -0.2) is 27.4 Å². The van der Waals surface area contributed by atoms with Crippen molar-refractivity contribution in [2.75, 3.05) is 11.9 Å². The van der Waals surface area contributed by atoms with Crippen LogP contribution < -0.4 is 11.1 Å². The second-order valence-corrected chi connectivity index (χ2v) is 4.11. The molecule has 0 aliphatic rings. The number of rotatable bonds is 2. The molecule has 2 aromatic rings. The lowest BCUT2D eigenvalue weighted by atomic mass is 10.4. The van der Waals surface area contributed by atoms with Crippen LogP contribution >= 0.6 is 11.3 Å². The lowest BCUT2D eigenvalue weighted by molar-refractivity contribution is 0.102. The fourth-order valence-electron chi connectivity index (χ4n) is 1.11. The lowest BCUT2D eigenvalue weighted by Gasteiger charge is -1.98. The van der Waals surface area contributed by atoms with Gasteiger partial charge in [-0.3, -0.25) is 15.1 Å². The molecule has 0 spiro atoms. The first-order chi connectivity index (χ1) is 8.79. The number of hydrogen-bond donors (Lipinski definition) is 2. The Morgan fingerprint density at radius 1 is 1.39 bits per heavy atom. The summed E-state index contributed by atoms with van der Waals surface area (Å²) in [6, 6.07) is 0. The Morgan fingerprint density at radius 3 is 3.00 bits per heavy atom. The van der Waals surface area contributed by atoms with Gasteiger partial charge in [-0.1, -0.05) is 23.2 Å². The van der Waals surface area contributed by atoms with E-state index in [4.69, 9.17) is 5.73 Å². The minimum absolute atomic E-state index is 0.238. The van der Waals surface area contributed by atoms with E-state index in [1.165, 1.54) is 29.9 Å². The molecule has 0 aliphatic heterocycles. The molecule has 0 bridgehead atoms. The van der Waals surface area contributed by atoms with Crippen molar-refractivity contribution >= 4 is 22.4 Å². The van der Waals surface area contributed by atoms with Crippen molar-refractivity contribution in [3.8, 4) is 11.8 Å². The highest BCUT2D eigenvalue weighted by molar-refractivity contribution is 7.16. The van der Waals surface area contributed by atoms with Crippen LogP contribution in [0.2, 0.25) is 0 Å². The highest BCUT2D eigenvalue weighted by atomic mass is 32.1. The van der Waals surface area contributed by atoms with Crippen molar-refractivity contribution in [1.82, 2.24) is 15.0 Å². The van der Waals surface area contributed by atoms with Crippen molar-refractivity contribution in [2.24, 2.45) is 5.73 Å². The Bertz CT molecular complexity index is 599. The molecule has 6 nitrogen and oxygen atoms in total. The molecule has 90 valence electrons. The van der Waals surface area contributed by atoms with E-state index in [-0.39, 0.29) is 11.6 Å². The number of nitrogens with two attached hydrogens (primary N) is 1. The smallest absolute Gasteiger partial charge is 0.277 e. The number of anilines is 1.